The molecule has 5 nitrogen and oxygen atoms in total. The largest absolute Gasteiger partial charge is 0.504 e. The normalized spacial score (nSPS) is 13.8. The summed E-state index contributed by atoms with van der Waals surface area (Å²) in [4.78, 5) is 17.9. The average molecular weight is 345 g/mol. The molecule has 2 aromatic rings. The van der Waals surface area contributed by atoms with Gasteiger partial charge in [0.2, 0.25) is 0 Å². The smallest absolute Gasteiger partial charge is 0.341 e. The molecule has 0 amide bonds. The van der Waals surface area contributed by atoms with Crippen molar-refractivity contribution in [2.75, 3.05) is 14.2 Å². The minimum Gasteiger partial charge on any atom is -0.504 e. The number of rotatable bonds is 4. The van der Waals surface area contributed by atoms with Crippen LogP contribution in [0, 0.1) is 0 Å². The van der Waals surface area contributed by atoms with Crippen LogP contribution < -0.4 is 4.74 Å². The topological polar surface area (TPSA) is 68.1 Å². The van der Waals surface area contributed by atoms with Crippen LogP contribution in [0.1, 0.15) is 39.2 Å². The average Bonchev–Trinajstić information content (AvgIpc) is 2.98. The Morgan fingerprint density at radius 1 is 1.29 bits per heavy atom. The zero-order valence-electron chi connectivity index (χ0n) is 13.7. The summed E-state index contributed by atoms with van der Waals surface area (Å²) < 4.78 is 10.0. The lowest BCUT2D eigenvalue weighted by Gasteiger charge is -2.11. The van der Waals surface area contributed by atoms with Crippen LogP contribution in [0.5, 0.6) is 11.5 Å². The third-order valence-corrected chi connectivity index (χ3v) is 5.31. The molecule has 1 aromatic heterocycles. The van der Waals surface area contributed by atoms with E-state index in [1.54, 1.807) is 24.4 Å². The van der Waals surface area contributed by atoms with Gasteiger partial charge in [-0.15, -0.1) is 11.3 Å². The summed E-state index contributed by atoms with van der Waals surface area (Å²) in [5.41, 5.74) is 2.17. The highest BCUT2D eigenvalue weighted by molar-refractivity contribution is 7.16. The quantitative estimate of drug-likeness (QED) is 0.674. The van der Waals surface area contributed by atoms with Gasteiger partial charge >= 0.3 is 5.97 Å². The molecule has 0 saturated carbocycles. The minimum absolute atomic E-state index is 0.0321. The van der Waals surface area contributed by atoms with Crippen molar-refractivity contribution in [3.05, 3.63) is 39.8 Å². The molecule has 6 heteroatoms. The van der Waals surface area contributed by atoms with E-state index < -0.39 is 0 Å². The number of nitrogens with zero attached hydrogens (tertiary/aromatic N) is 1. The van der Waals surface area contributed by atoms with Gasteiger partial charge in [-0.2, -0.15) is 0 Å². The number of aryl methyl sites for hydroxylation is 1. The molecule has 1 aliphatic rings. The lowest BCUT2D eigenvalue weighted by atomic mass is 9.95. The van der Waals surface area contributed by atoms with E-state index in [9.17, 15) is 9.90 Å². The zero-order chi connectivity index (χ0) is 17.1. The second-order valence-corrected chi connectivity index (χ2v) is 6.62. The Balaban J connectivity index is 2.01. The number of aliphatic imine (C=N–C) groups is 1. The van der Waals surface area contributed by atoms with E-state index in [0.29, 0.717) is 21.9 Å². The Morgan fingerprint density at radius 3 is 2.83 bits per heavy atom. The molecule has 24 heavy (non-hydrogen) atoms. The van der Waals surface area contributed by atoms with Gasteiger partial charge in [-0.05, 0) is 43.4 Å². The van der Waals surface area contributed by atoms with E-state index in [2.05, 4.69) is 4.99 Å². The van der Waals surface area contributed by atoms with Crippen LogP contribution in [-0.2, 0) is 17.6 Å². The first kappa shape index (κ1) is 16.5. The van der Waals surface area contributed by atoms with Crippen molar-refractivity contribution >= 4 is 28.5 Å². The highest BCUT2D eigenvalue weighted by atomic mass is 32.1. The summed E-state index contributed by atoms with van der Waals surface area (Å²) in [6.45, 7) is 0. The van der Waals surface area contributed by atoms with Gasteiger partial charge in [0.25, 0.3) is 0 Å². The molecule has 3 rings (SSSR count). The van der Waals surface area contributed by atoms with Crippen molar-refractivity contribution in [1.29, 1.82) is 0 Å². The number of ether oxygens (including phenoxy) is 2. The maximum Gasteiger partial charge on any atom is 0.341 e. The maximum atomic E-state index is 12.2. The second-order valence-electron chi connectivity index (χ2n) is 5.54. The van der Waals surface area contributed by atoms with Crippen LogP contribution in [-0.4, -0.2) is 31.5 Å². The van der Waals surface area contributed by atoms with Crippen LogP contribution in [0.4, 0.5) is 5.00 Å². The molecule has 0 unspecified atom stereocenters. The summed E-state index contributed by atoms with van der Waals surface area (Å²) in [6.07, 6.45) is 5.63. The Kier molecular flexibility index (Phi) is 4.85. The number of benzene rings is 1. The summed E-state index contributed by atoms with van der Waals surface area (Å²) in [6, 6.07) is 5.20. The molecular weight excluding hydrogens is 326 g/mol. The first-order valence-electron chi connectivity index (χ1n) is 7.78. The van der Waals surface area contributed by atoms with Crippen LogP contribution in [0.3, 0.4) is 0 Å². The molecule has 0 spiro atoms. The van der Waals surface area contributed by atoms with Crippen molar-refractivity contribution in [3.8, 4) is 11.5 Å². The Hall–Kier alpha value is -2.34. The number of para-hydroxylation sites is 1. The Morgan fingerprint density at radius 2 is 2.08 bits per heavy atom. The third-order valence-electron chi connectivity index (χ3n) is 4.11. The van der Waals surface area contributed by atoms with Crippen molar-refractivity contribution in [3.63, 3.8) is 0 Å². The third kappa shape index (κ3) is 3.01. The number of phenolic OH excluding ortho intramolecular Hbond substituents is 1. The number of carbonyl (C=O) groups is 1. The van der Waals surface area contributed by atoms with Crippen LogP contribution in [0.25, 0.3) is 0 Å². The molecular formula is C18H19NO4S. The van der Waals surface area contributed by atoms with Gasteiger partial charge in [-0.1, -0.05) is 6.07 Å². The van der Waals surface area contributed by atoms with E-state index in [0.717, 1.165) is 31.2 Å². The molecule has 1 N–H and O–H groups in total. The summed E-state index contributed by atoms with van der Waals surface area (Å²) in [7, 11) is 2.88. The monoisotopic (exact) mass is 345 g/mol. The van der Waals surface area contributed by atoms with Crippen molar-refractivity contribution in [2.24, 2.45) is 4.99 Å². The van der Waals surface area contributed by atoms with Gasteiger partial charge in [0, 0.05) is 16.7 Å². The molecule has 0 bridgehead atoms. The fourth-order valence-electron chi connectivity index (χ4n) is 2.89. The summed E-state index contributed by atoms with van der Waals surface area (Å²) in [5, 5.41) is 10.8. The van der Waals surface area contributed by atoms with E-state index >= 15 is 0 Å². The summed E-state index contributed by atoms with van der Waals surface area (Å²) in [5.74, 6) is 0.0683. The SMILES string of the molecule is COC(=O)c1c(N=Cc2cccc(OC)c2O)sc2c1CCCC2. The van der Waals surface area contributed by atoms with Crippen LogP contribution >= 0.6 is 11.3 Å². The summed E-state index contributed by atoms with van der Waals surface area (Å²) >= 11 is 1.53. The number of methoxy groups -OCH3 is 2. The van der Waals surface area contributed by atoms with E-state index in [1.165, 1.54) is 30.4 Å². The highest BCUT2D eigenvalue weighted by Crippen LogP contribution is 2.40. The predicted octanol–water partition coefficient (Wildman–Crippen LogP) is 3.88. The Labute approximate surface area is 144 Å². The van der Waals surface area contributed by atoms with Gasteiger partial charge < -0.3 is 14.6 Å². The van der Waals surface area contributed by atoms with E-state index in [1.807, 2.05) is 0 Å². The number of hydrogen-bond acceptors (Lipinski definition) is 6. The molecule has 126 valence electrons. The lowest BCUT2D eigenvalue weighted by molar-refractivity contribution is 0.0601. The first-order chi connectivity index (χ1) is 11.7. The first-order valence-corrected chi connectivity index (χ1v) is 8.60. The molecule has 1 aliphatic carbocycles. The number of esters is 1. The number of aromatic hydroxyl groups is 1. The van der Waals surface area contributed by atoms with E-state index in [4.69, 9.17) is 9.47 Å². The molecule has 0 fully saturated rings. The van der Waals surface area contributed by atoms with Gasteiger partial charge in [0.15, 0.2) is 11.5 Å². The van der Waals surface area contributed by atoms with Crippen molar-refractivity contribution in [2.45, 2.75) is 25.7 Å². The standard InChI is InChI=1S/C18H19NO4S/c1-22-13-8-5-6-11(16(13)20)10-19-17-15(18(21)23-2)12-7-3-4-9-14(12)24-17/h5-6,8,10,20H,3-4,7,9H2,1-2H3. The van der Waals surface area contributed by atoms with Crippen molar-refractivity contribution in [1.82, 2.24) is 0 Å². The highest BCUT2D eigenvalue weighted by Gasteiger charge is 2.25. The number of hydrogen-bond donors (Lipinski definition) is 1. The second kappa shape index (κ2) is 7.05. The lowest BCUT2D eigenvalue weighted by Crippen LogP contribution is -2.07. The predicted molar refractivity (Wildman–Crippen MR) is 94.2 cm³/mol. The van der Waals surface area contributed by atoms with Crippen LogP contribution in [0.2, 0.25) is 0 Å². The minimum atomic E-state index is -0.351. The molecule has 0 aliphatic heterocycles. The Bertz CT molecular complexity index is 795. The van der Waals surface area contributed by atoms with Crippen molar-refractivity contribution < 1.29 is 19.4 Å². The molecule has 0 saturated heterocycles. The molecule has 1 aromatic carbocycles. The number of phenols is 1. The fraction of sp³-hybridized carbons (Fsp3) is 0.333. The van der Waals surface area contributed by atoms with Crippen LogP contribution in [0.15, 0.2) is 23.2 Å². The molecule has 0 atom stereocenters. The molecule has 0 radical (unpaired) electrons. The number of fused-ring (bicyclic) bond motifs is 1. The van der Waals surface area contributed by atoms with Gasteiger partial charge in [0.1, 0.15) is 5.00 Å². The number of thiophene rings is 1. The maximum absolute atomic E-state index is 12.2. The fourth-order valence-corrected chi connectivity index (χ4v) is 4.11. The number of carbonyl (C=O) groups excluding carboxylic acids is 1. The van der Waals surface area contributed by atoms with Gasteiger partial charge in [0.05, 0.1) is 19.8 Å². The zero-order valence-corrected chi connectivity index (χ0v) is 14.5. The van der Waals surface area contributed by atoms with Gasteiger partial charge in [-0.25, -0.2) is 9.79 Å². The van der Waals surface area contributed by atoms with Gasteiger partial charge in [-0.3, -0.25) is 0 Å². The van der Waals surface area contributed by atoms with E-state index in [-0.39, 0.29) is 11.7 Å². The molecule has 1 heterocycles.